The van der Waals surface area contributed by atoms with Crippen molar-refractivity contribution in [2.75, 3.05) is 6.54 Å². The molecule has 0 radical (unpaired) electrons. The lowest BCUT2D eigenvalue weighted by Gasteiger charge is -2.14. The largest absolute Gasteiger partial charge is 0.339 e. The summed E-state index contributed by atoms with van der Waals surface area (Å²) in [6.45, 7) is 7.18. The molecule has 0 spiro atoms. The molecule has 1 atom stereocenters. The zero-order valence-corrected chi connectivity index (χ0v) is 9.92. The molecule has 1 aromatic heterocycles. The third kappa shape index (κ3) is 4.42. The number of aromatic nitrogens is 2. The van der Waals surface area contributed by atoms with Crippen LogP contribution in [0.2, 0.25) is 0 Å². The van der Waals surface area contributed by atoms with Crippen LogP contribution >= 0.6 is 0 Å². The molecule has 1 unspecified atom stereocenters. The highest BCUT2D eigenvalue weighted by Gasteiger charge is 2.06. The molecule has 0 aliphatic carbocycles. The van der Waals surface area contributed by atoms with Crippen LogP contribution in [0.25, 0.3) is 0 Å². The molecule has 1 aromatic rings. The molecular formula is C11H21N3O. The molecule has 0 bridgehead atoms. The molecule has 1 heterocycles. The second kappa shape index (κ2) is 6.56. The number of hydrogen-bond acceptors (Lipinski definition) is 4. The lowest BCUT2D eigenvalue weighted by atomic mass is 10.1. The summed E-state index contributed by atoms with van der Waals surface area (Å²) in [6.07, 6.45) is 4.46. The van der Waals surface area contributed by atoms with E-state index in [-0.39, 0.29) is 0 Å². The molecule has 86 valence electrons. The number of hydrogen-bond donors (Lipinski definition) is 1. The zero-order chi connectivity index (χ0) is 11.1. The van der Waals surface area contributed by atoms with E-state index in [2.05, 4.69) is 29.3 Å². The molecule has 0 aromatic carbocycles. The maximum atomic E-state index is 5.04. The minimum Gasteiger partial charge on any atom is -0.339 e. The smallest absolute Gasteiger partial charge is 0.227 e. The van der Waals surface area contributed by atoms with Crippen molar-refractivity contribution in [3.63, 3.8) is 0 Å². The SMILES string of the molecule is CCCC(CC)NCCc1nc(C)no1. The standard InChI is InChI=1S/C11H21N3O/c1-4-6-10(5-2)12-8-7-11-13-9(3)14-15-11/h10,12H,4-8H2,1-3H3. The Bertz CT molecular complexity index is 273. The summed E-state index contributed by atoms with van der Waals surface area (Å²) in [6, 6.07) is 0.624. The van der Waals surface area contributed by atoms with E-state index in [1.54, 1.807) is 0 Å². The molecule has 1 N–H and O–H groups in total. The summed E-state index contributed by atoms with van der Waals surface area (Å²) in [4.78, 5) is 4.16. The van der Waals surface area contributed by atoms with Gasteiger partial charge in [0.1, 0.15) is 0 Å². The predicted octanol–water partition coefficient (Wildman–Crippen LogP) is 2.09. The average molecular weight is 211 g/mol. The van der Waals surface area contributed by atoms with Gasteiger partial charge < -0.3 is 9.84 Å². The van der Waals surface area contributed by atoms with E-state index in [0.717, 1.165) is 18.9 Å². The summed E-state index contributed by atoms with van der Waals surface area (Å²) >= 11 is 0. The maximum Gasteiger partial charge on any atom is 0.227 e. The normalized spacial score (nSPS) is 13.0. The Balaban J connectivity index is 2.20. The highest BCUT2D eigenvalue weighted by Crippen LogP contribution is 2.01. The van der Waals surface area contributed by atoms with Crippen molar-refractivity contribution in [2.24, 2.45) is 0 Å². The number of aryl methyl sites for hydroxylation is 1. The second-order valence-electron chi connectivity index (χ2n) is 3.83. The Kier molecular flexibility index (Phi) is 5.32. The van der Waals surface area contributed by atoms with Crippen molar-refractivity contribution in [1.82, 2.24) is 15.5 Å². The van der Waals surface area contributed by atoms with Crippen molar-refractivity contribution >= 4 is 0 Å². The highest BCUT2D eigenvalue weighted by atomic mass is 16.5. The van der Waals surface area contributed by atoms with Gasteiger partial charge in [0.2, 0.25) is 5.89 Å². The molecule has 0 aliphatic rings. The van der Waals surface area contributed by atoms with Gasteiger partial charge in [-0.05, 0) is 19.8 Å². The third-order valence-electron chi connectivity index (χ3n) is 2.47. The van der Waals surface area contributed by atoms with Crippen LogP contribution in [0.3, 0.4) is 0 Å². The van der Waals surface area contributed by atoms with Gasteiger partial charge in [0.25, 0.3) is 0 Å². The number of nitrogens with one attached hydrogen (secondary N) is 1. The fourth-order valence-corrected chi connectivity index (χ4v) is 1.62. The first-order valence-electron chi connectivity index (χ1n) is 5.78. The van der Waals surface area contributed by atoms with Crippen LogP contribution in [0.4, 0.5) is 0 Å². The van der Waals surface area contributed by atoms with Crippen LogP contribution in [0.5, 0.6) is 0 Å². The summed E-state index contributed by atoms with van der Waals surface area (Å²) in [7, 11) is 0. The second-order valence-corrected chi connectivity index (χ2v) is 3.83. The van der Waals surface area contributed by atoms with Crippen molar-refractivity contribution < 1.29 is 4.52 Å². The summed E-state index contributed by atoms with van der Waals surface area (Å²) in [5, 5.41) is 7.26. The number of nitrogens with zero attached hydrogens (tertiary/aromatic N) is 2. The van der Waals surface area contributed by atoms with Crippen molar-refractivity contribution in [1.29, 1.82) is 0 Å². The van der Waals surface area contributed by atoms with Crippen molar-refractivity contribution in [3.8, 4) is 0 Å². The third-order valence-corrected chi connectivity index (χ3v) is 2.47. The molecule has 4 heteroatoms. The van der Waals surface area contributed by atoms with Gasteiger partial charge in [-0.25, -0.2) is 0 Å². The van der Waals surface area contributed by atoms with Gasteiger partial charge in [0, 0.05) is 19.0 Å². The van der Waals surface area contributed by atoms with E-state index in [1.165, 1.54) is 19.3 Å². The van der Waals surface area contributed by atoms with Gasteiger partial charge in [-0.1, -0.05) is 25.4 Å². The van der Waals surface area contributed by atoms with Gasteiger partial charge in [0.15, 0.2) is 5.82 Å². The van der Waals surface area contributed by atoms with Crippen LogP contribution in [-0.2, 0) is 6.42 Å². The van der Waals surface area contributed by atoms with Gasteiger partial charge in [-0.2, -0.15) is 4.98 Å². The van der Waals surface area contributed by atoms with Gasteiger partial charge in [-0.3, -0.25) is 0 Å². The molecule has 1 rings (SSSR count). The fraction of sp³-hybridized carbons (Fsp3) is 0.818. The molecule has 0 saturated heterocycles. The molecule has 0 fully saturated rings. The molecular weight excluding hydrogens is 190 g/mol. The summed E-state index contributed by atoms with van der Waals surface area (Å²) in [5.41, 5.74) is 0. The van der Waals surface area contributed by atoms with Crippen LogP contribution in [0.1, 0.15) is 44.8 Å². The minimum absolute atomic E-state index is 0.624. The fourth-order valence-electron chi connectivity index (χ4n) is 1.62. The van der Waals surface area contributed by atoms with E-state index in [9.17, 15) is 0 Å². The lowest BCUT2D eigenvalue weighted by Crippen LogP contribution is -2.30. The lowest BCUT2D eigenvalue weighted by molar-refractivity contribution is 0.366. The Morgan fingerprint density at radius 2 is 2.20 bits per heavy atom. The first-order chi connectivity index (χ1) is 7.26. The topological polar surface area (TPSA) is 51.0 Å². The van der Waals surface area contributed by atoms with Gasteiger partial charge in [-0.15, -0.1) is 0 Å². The van der Waals surface area contributed by atoms with E-state index in [1.807, 2.05) is 6.92 Å². The quantitative estimate of drug-likeness (QED) is 0.750. The van der Waals surface area contributed by atoms with Crippen molar-refractivity contribution in [2.45, 2.75) is 52.5 Å². The highest BCUT2D eigenvalue weighted by molar-refractivity contribution is 4.83. The zero-order valence-electron chi connectivity index (χ0n) is 9.92. The monoisotopic (exact) mass is 211 g/mol. The minimum atomic E-state index is 0.624. The molecule has 4 nitrogen and oxygen atoms in total. The Morgan fingerprint density at radius 1 is 1.40 bits per heavy atom. The van der Waals surface area contributed by atoms with Crippen LogP contribution in [0, 0.1) is 6.92 Å². The van der Waals surface area contributed by atoms with E-state index >= 15 is 0 Å². The first kappa shape index (κ1) is 12.2. The van der Waals surface area contributed by atoms with Crippen LogP contribution in [0.15, 0.2) is 4.52 Å². The van der Waals surface area contributed by atoms with E-state index in [4.69, 9.17) is 4.52 Å². The van der Waals surface area contributed by atoms with E-state index in [0.29, 0.717) is 11.9 Å². The van der Waals surface area contributed by atoms with E-state index < -0.39 is 0 Å². The van der Waals surface area contributed by atoms with Crippen molar-refractivity contribution in [3.05, 3.63) is 11.7 Å². The van der Waals surface area contributed by atoms with Crippen LogP contribution < -0.4 is 5.32 Å². The summed E-state index contributed by atoms with van der Waals surface area (Å²) in [5.74, 6) is 1.44. The Labute approximate surface area is 91.5 Å². The average Bonchev–Trinajstić information content (AvgIpc) is 2.63. The Hall–Kier alpha value is -0.900. The van der Waals surface area contributed by atoms with Gasteiger partial charge in [0.05, 0.1) is 0 Å². The maximum absolute atomic E-state index is 5.04. The summed E-state index contributed by atoms with van der Waals surface area (Å²) < 4.78 is 5.04. The first-order valence-corrected chi connectivity index (χ1v) is 5.78. The number of rotatable bonds is 7. The Morgan fingerprint density at radius 3 is 2.73 bits per heavy atom. The molecule has 15 heavy (non-hydrogen) atoms. The van der Waals surface area contributed by atoms with Crippen LogP contribution in [-0.4, -0.2) is 22.7 Å². The van der Waals surface area contributed by atoms with Gasteiger partial charge >= 0.3 is 0 Å². The molecule has 0 saturated carbocycles. The molecule has 0 amide bonds. The molecule has 0 aliphatic heterocycles. The predicted molar refractivity (Wildman–Crippen MR) is 59.7 cm³/mol.